The van der Waals surface area contributed by atoms with Gasteiger partial charge in [-0.05, 0) is 48.7 Å². The number of aromatic amines is 1. The molecule has 0 aliphatic heterocycles. The molecule has 0 bridgehead atoms. The van der Waals surface area contributed by atoms with Crippen LogP contribution in [0.1, 0.15) is 18.1 Å². The summed E-state index contributed by atoms with van der Waals surface area (Å²) in [5, 5.41) is 4.92. The maximum atomic E-state index is 3.62. The lowest BCUT2D eigenvalue weighted by Gasteiger charge is -2.14. The first kappa shape index (κ1) is 14.4. The highest BCUT2D eigenvalue weighted by atomic mass is 79.9. The van der Waals surface area contributed by atoms with E-state index in [0.29, 0.717) is 6.04 Å². The second-order valence-corrected chi connectivity index (χ2v) is 6.38. The number of hydrogen-bond donors (Lipinski definition) is 2. The van der Waals surface area contributed by atoms with Crippen LogP contribution >= 0.6 is 15.9 Å². The summed E-state index contributed by atoms with van der Waals surface area (Å²) in [4.78, 5) is 3.26. The quantitative estimate of drug-likeness (QED) is 0.693. The highest BCUT2D eigenvalue weighted by Gasteiger charge is 2.06. The normalized spacial score (nSPS) is 12.7. The van der Waals surface area contributed by atoms with Gasteiger partial charge in [0.1, 0.15) is 0 Å². The fourth-order valence-electron chi connectivity index (χ4n) is 2.64. The van der Waals surface area contributed by atoms with Gasteiger partial charge < -0.3 is 10.3 Å². The summed E-state index contributed by atoms with van der Waals surface area (Å²) in [6.45, 7) is 3.13. The highest BCUT2D eigenvalue weighted by molar-refractivity contribution is 9.10. The van der Waals surface area contributed by atoms with E-state index < -0.39 is 0 Å². The predicted molar refractivity (Wildman–Crippen MR) is 92.4 cm³/mol. The molecule has 0 fully saturated rings. The minimum Gasteiger partial charge on any atom is -0.361 e. The molecular formula is C18H19BrN2. The number of halogens is 1. The zero-order valence-corrected chi connectivity index (χ0v) is 13.7. The number of nitrogens with one attached hydrogen (secondary N) is 2. The standard InChI is InChI=1S/C18H19BrN2/c1-13(11-14-5-7-16(19)8-6-14)21-12-15-3-2-4-18-17(15)9-10-20-18/h2-10,13,20-21H,11-12H2,1H3. The largest absolute Gasteiger partial charge is 0.361 e. The third-order valence-electron chi connectivity index (χ3n) is 3.78. The van der Waals surface area contributed by atoms with E-state index in [1.54, 1.807) is 0 Å². The third-order valence-corrected chi connectivity index (χ3v) is 4.31. The Morgan fingerprint density at radius 3 is 2.71 bits per heavy atom. The minimum atomic E-state index is 0.445. The molecule has 21 heavy (non-hydrogen) atoms. The van der Waals surface area contributed by atoms with E-state index >= 15 is 0 Å². The van der Waals surface area contributed by atoms with Crippen molar-refractivity contribution in [1.29, 1.82) is 0 Å². The first-order valence-electron chi connectivity index (χ1n) is 7.25. The van der Waals surface area contributed by atoms with Crippen LogP contribution in [0.4, 0.5) is 0 Å². The summed E-state index contributed by atoms with van der Waals surface area (Å²) in [5.74, 6) is 0. The Balaban J connectivity index is 1.62. The topological polar surface area (TPSA) is 27.8 Å². The Bertz CT molecular complexity index is 715. The van der Waals surface area contributed by atoms with E-state index in [4.69, 9.17) is 0 Å². The van der Waals surface area contributed by atoms with Gasteiger partial charge in [0, 0.05) is 34.2 Å². The molecule has 2 nitrogen and oxygen atoms in total. The molecule has 2 N–H and O–H groups in total. The molecule has 2 aromatic carbocycles. The van der Waals surface area contributed by atoms with Gasteiger partial charge in [0.05, 0.1) is 0 Å². The van der Waals surface area contributed by atoms with Crippen LogP contribution in [-0.2, 0) is 13.0 Å². The molecule has 3 heteroatoms. The molecule has 1 unspecified atom stereocenters. The first-order chi connectivity index (χ1) is 10.2. The van der Waals surface area contributed by atoms with Crippen LogP contribution in [0.25, 0.3) is 10.9 Å². The summed E-state index contributed by atoms with van der Waals surface area (Å²) < 4.78 is 1.13. The number of hydrogen-bond acceptors (Lipinski definition) is 1. The summed E-state index contributed by atoms with van der Waals surface area (Å²) >= 11 is 3.47. The molecule has 1 aromatic heterocycles. The number of rotatable bonds is 5. The van der Waals surface area contributed by atoms with Gasteiger partial charge in [-0.25, -0.2) is 0 Å². The van der Waals surface area contributed by atoms with Crippen LogP contribution in [-0.4, -0.2) is 11.0 Å². The molecule has 3 aromatic rings. The van der Waals surface area contributed by atoms with Crippen molar-refractivity contribution >= 4 is 26.8 Å². The molecule has 1 atom stereocenters. The maximum absolute atomic E-state index is 3.62. The van der Waals surface area contributed by atoms with Gasteiger partial charge >= 0.3 is 0 Å². The van der Waals surface area contributed by atoms with Crippen LogP contribution in [0.15, 0.2) is 59.2 Å². The van der Waals surface area contributed by atoms with Gasteiger partial charge in [0.25, 0.3) is 0 Å². The second-order valence-electron chi connectivity index (χ2n) is 5.47. The van der Waals surface area contributed by atoms with E-state index in [1.165, 1.54) is 22.0 Å². The Morgan fingerprint density at radius 1 is 1.10 bits per heavy atom. The molecule has 1 heterocycles. The van der Waals surface area contributed by atoms with Crippen molar-refractivity contribution in [2.24, 2.45) is 0 Å². The van der Waals surface area contributed by atoms with Crippen LogP contribution in [0, 0.1) is 0 Å². The molecule has 0 saturated heterocycles. The number of fused-ring (bicyclic) bond motifs is 1. The van der Waals surface area contributed by atoms with Crippen LogP contribution in [0.2, 0.25) is 0 Å². The van der Waals surface area contributed by atoms with Crippen molar-refractivity contribution in [3.8, 4) is 0 Å². The molecule has 0 aliphatic rings. The lowest BCUT2D eigenvalue weighted by Crippen LogP contribution is -2.27. The Morgan fingerprint density at radius 2 is 1.90 bits per heavy atom. The fraction of sp³-hybridized carbons (Fsp3) is 0.222. The molecule has 0 spiro atoms. The van der Waals surface area contributed by atoms with Crippen molar-refractivity contribution in [3.05, 3.63) is 70.3 Å². The summed E-state index contributed by atoms with van der Waals surface area (Å²) in [5.41, 5.74) is 3.91. The molecule has 0 aliphatic carbocycles. The summed E-state index contributed by atoms with van der Waals surface area (Å²) in [6.07, 6.45) is 3.04. The van der Waals surface area contributed by atoms with Gasteiger partial charge in [-0.3, -0.25) is 0 Å². The average Bonchev–Trinajstić information content (AvgIpc) is 2.96. The smallest absolute Gasteiger partial charge is 0.0457 e. The van der Waals surface area contributed by atoms with Gasteiger partial charge in [0.15, 0.2) is 0 Å². The predicted octanol–water partition coefficient (Wildman–Crippen LogP) is 4.65. The van der Waals surface area contributed by atoms with Crippen LogP contribution in [0.5, 0.6) is 0 Å². The Kier molecular flexibility index (Phi) is 4.42. The minimum absolute atomic E-state index is 0.445. The Hall–Kier alpha value is -1.58. The highest BCUT2D eigenvalue weighted by Crippen LogP contribution is 2.17. The van der Waals surface area contributed by atoms with Crippen molar-refractivity contribution in [2.45, 2.75) is 25.9 Å². The second kappa shape index (κ2) is 6.46. The van der Waals surface area contributed by atoms with Crippen molar-refractivity contribution in [1.82, 2.24) is 10.3 Å². The zero-order valence-electron chi connectivity index (χ0n) is 12.1. The van der Waals surface area contributed by atoms with E-state index in [2.05, 4.69) is 81.7 Å². The van der Waals surface area contributed by atoms with E-state index in [9.17, 15) is 0 Å². The van der Waals surface area contributed by atoms with E-state index in [-0.39, 0.29) is 0 Å². The van der Waals surface area contributed by atoms with Crippen molar-refractivity contribution < 1.29 is 0 Å². The fourth-order valence-corrected chi connectivity index (χ4v) is 2.90. The molecule has 108 valence electrons. The molecule has 3 rings (SSSR count). The number of H-pyrrole nitrogens is 1. The summed E-state index contributed by atoms with van der Waals surface area (Å²) in [7, 11) is 0. The zero-order chi connectivity index (χ0) is 14.7. The van der Waals surface area contributed by atoms with Gasteiger partial charge in [-0.15, -0.1) is 0 Å². The number of benzene rings is 2. The maximum Gasteiger partial charge on any atom is 0.0457 e. The lowest BCUT2D eigenvalue weighted by molar-refractivity contribution is 0.547. The molecular weight excluding hydrogens is 324 g/mol. The number of aromatic nitrogens is 1. The third kappa shape index (κ3) is 3.55. The lowest BCUT2D eigenvalue weighted by atomic mass is 10.1. The average molecular weight is 343 g/mol. The van der Waals surface area contributed by atoms with Crippen molar-refractivity contribution in [3.63, 3.8) is 0 Å². The SMILES string of the molecule is CC(Cc1ccc(Br)cc1)NCc1cccc2[nH]ccc12. The monoisotopic (exact) mass is 342 g/mol. The van der Waals surface area contributed by atoms with Gasteiger partial charge in [-0.2, -0.15) is 0 Å². The first-order valence-corrected chi connectivity index (χ1v) is 8.04. The van der Waals surface area contributed by atoms with Crippen molar-refractivity contribution in [2.75, 3.05) is 0 Å². The molecule has 0 radical (unpaired) electrons. The van der Waals surface area contributed by atoms with E-state index in [1.807, 2.05) is 6.20 Å². The van der Waals surface area contributed by atoms with Gasteiger partial charge in [-0.1, -0.05) is 40.2 Å². The van der Waals surface area contributed by atoms with Gasteiger partial charge in [0.2, 0.25) is 0 Å². The molecule has 0 saturated carbocycles. The van der Waals surface area contributed by atoms with E-state index in [0.717, 1.165) is 17.4 Å². The van der Waals surface area contributed by atoms with Crippen LogP contribution in [0.3, 0.4) is 0 Å². The van der Waals surface area contributed by atoms with Crippen LogP contribution < -0.4 is 5.32 Å². The summed E-state index contributed by atoms with van der Waals surface area (Å²) in [6, 6.07) is 17.6. The molecule has 0 amide bonds. The Labute approximate surface area is 133 Å².